The molecule has 0 unspecified atom stereocenters. The maximum absolute atomic E-state index is 13.0. The Hall–Kier alpha value is -3.29. The maximum Gasteiger partial charge on any atom is 0.258 e. The maximum atomic E-state index is 13.0. The van der Waals surface area contributed by atoms with Gasteiger partial charge in [-0.1, -0.05) is 12.1 Å². The normalized spacial score (nSPS) is 10.5. The molecule has 1 amide bonds. The summed E-state index contributed by atoms with van der Waals surface area (Å²) in [6.07, 6.45) is 0. The van der Waals surface area contributed by atoms with Crippen molar-refractivity contribution in [1.29, 1.82) is 0 Å². The van der Waals surface area contributed by atoms with Crippen molar-refractivity contribution < 1.29 is 13.9 Å². The summed E-state index contributed by atoms with van der Waals surface area (Å²) in [5, 5.41) is 14.0. The van der Waals surface area contributed by atoms with Gasteiger partial charge in [0.2, 0.25) is 0 Å². The van der Waals surface area contributed by atoms with E-state index in [0.717, 1.165) is 5.56 Å². The fraction of sp³-hybridized carbons (Fsp3) is 0.176. The second-order valence-electron chi connectivity index (χ2n) is 5.37. The smallest absolute Gasteiger partial charge is 0.258 e. The lowest BCUT2D eigenvalue weighted by Crippen LogP contribution is -2.29. The van der Waals surface area contributed by atoms with Gasteiger partial charge in [0.05, 0.1) is 12.2 Å². The Bertz CT molecular complexity index is 863. The molecule has 0 aliphatic carbocycles. The monoisotopic (exact) mass is 341 g/mol. The lowest BCUT2D eigenvalue weighted by atomic mass is 10.2. The van der Waals surface area contributed by atoms with Gasteiger partial charge in [0.1, 0.15) is 11.6 Å². The Morgan fingerprint density at radius 3 is 2.80 bits per heavy atom. The molecule has 0 fully saturated rings. The molecule has 0 aliphatic heterocycles. The van der Waals surface area contributed by atoms with Gasteiger partial charge in [-0.05, 0) is 59.3 Å². The van der Waals surface area contributed by atoms with Crippen molar-refractivity contribution >= 4 is 5.91 Å². The highest BCUT2D eigenvalue weighted by atomic mass is 19.1. The SMILES string of the molecule is Cc1cccc(OCC(=O)NCc2nnnn2-c2ccc(F)cc2)c1. The van der Waals surface area contributed by atoms with Crippen molar-refractivity contribution in [3.63, 3.8) is 0 Å². The topological polar surface area (TPSA) is 81.9 Å². The molecule has 1 N–H and O–H groups in total. The third kappa shape index (κ3) is 4.37. The Labute approximate surface area is 143 Å². The largest absolute Gasteiger partial charge is 0.484 e. The molecule has 0 spiro atoms. The van der Waals surface area contributed by atoms with Crippen LogP contribution < -0.4 is 10.1 Å². The minimum absolute atomic E-state index is 0.110. The van der Waals surface area contributed by atoms with E-state index < -0.39 is 0 Å². The number of rotatable bonds is 6. The predicted octanol–water partition coefficient (Wildman–Crippen LogP) is 1.81. The van der Waals surface area contributed by atoms with Crippen molar-refractivity contribution in [1.82, 2.24) is 25.5 Å². The lowest BCUT2D eigenvalue weighted by molar-refractivity contribution is -0.123. The molecule has 0 radical (unpaired) electrons. The van der Waals surface area contributed by atoms with Gasteiger partial charge in [0.15, 0.2) is 12.4 Å². The Morgan fingerprint density at radius 2 is 2.04 bits per heavy atom. The van der Waals surface area contributed by atoms with Gasteiger partial charge in [-0.2, -0.15) is 4.68 Å². The summed E-state index contributed by atoms with van der Waals surface area (Å²) < 4.78 is 19.9. The van der Waals surface area contributed by atoms with Crippen molar-refractivity contribution in [2.45, 2.75) is 13.5 Å². The zero-order chi connectivity index (χ0) is 17.6. The number of hydrogen-bond donors (Lipinski definition) is 1. The molecule has 7 nitrogen and oxygen atoms in total. The molecule has 0 bridgehead atoms. The van der Waals surface area contributed by atoms with Crippen molar-refractivity contribution in [2.75, 3.05) is 6.61 Å². The van der Waals surface area contributed by atoms with E-state index in [9.17, 15) is 9.18 Å². The number of carbonyl (C=O) groups excluding carboxylic acids is 1. The van der Waals surface area contributed by atoms with Crippen LogP contribution in [0, 0.1) is 12.7 Å². The van der Waals surface area contributed by atoms with E-state index in [2.05, 4.69) is 20.8 Å². The van der Waals surface area contributed by atoms with Crippen LogP contribution in [0.25, 0.3) is 5.69 Å². The van der Waals surface area contributed by atoms with Crippen LogP contribution in [0.15, 0.2) is 48.5 Å². The summed E-state index contributed by atoms with van der Waals surface area (Å²) in [4.78, 5) is 11.9. The van der Waals surface area contributed by atoms with Crippen LogP contribution in [0.2, 0.25) is 0 Å². The van der Waals surface area contributed by atoms with Gasteiger partial charge in [-0.15, -0.1) is 5.10 Å². The van der Waals surface area contributed by atoms with Gasteiger partial charge < -0.3 is 10.1 Å². The molecule has 1 aromatic heterocycles. The van der Waals surface area contributed by atoms with Gasteiger partial charge in [0.25, 0.3) is 5.91 Å². The molecular weight excluding hydrogens is 325 g/mol. The Kier molecular flexibility index (Phi) is 4.98. The summed E-state index contributed by atoms with van der Waals surface area (Å²) in [6, 6.07) is 13.2. The molecule has 0 saturated carbocycles. The van der Waals surface area contributed by atoms with Crippen molar-refractivity contribution in [2.24, 2.45) is 0 Å². The zero-order valence-corrected chi connectivity index (χ0v) is 13.5. The second-order valence-corrected chi connectivity index (χ2v) is 5.37. The van der Waals surface area contributed by atoms with Crippen LogP contribution in [0.3, 0.4) is 0 Å². The molecule has 0 aliphatic rings. The van der Waals surface area contributed by atoms with E-state index in [1.54, 1.807) is 18.2 Å². The Morgan fingerprint density at radius 1 is 1.24 bits per heavy atom. The fourth-order valence-electron chi connectivity index (χ4n) is 2.18. The van der Waals surface area contributed by atoms with Gasteiger partial charge in [-0.25, -0.2) is 4.39 Å². The fourth-order valence-corrected chi connectivity index (χ4v) is 2.18. The number of benzene rings is 2. The van der Waals surface area contributed by atoms with E-state index in [1.165, 1.54) is 16.8 Å². The standard InChI is InChI=1S/C17H16FN5O2/c1-12-3-2-4-15(9-12)25-11-17(24)19-10-16-20-21-22-23(16)14-7-5-13(18)6-8-14/h2-9H,10-11H2,1H3,(H,19,24). The highest BCUT2D eigenvalue weighted by Gasteiger charge is 2.10. The second kappa shape index (κ2) is 7.52. The summed E-state index contributed by atoms with van der Waals surface area (Å²) >= 11 is 0. The minimum Gasteiger partial charge on any atom is -0.484 e. The first-order chi connectivity index (χ1) is 12.1. The molecule has 3 aromatic rings. The number of amides is 1. The highest BCUT2D eigenvalue weighted by Crippen LogP contribution is 2.12. The number of aryl methyl sites for hydroxylation is 1. The van der Waals surface area contributed by atoms with E-state index in [-0.39, 0.29) is 24.9 Å². The van der Waals surface area contributed by atoms with E-state index in [0.29, 0.717) is 17.3 Å². The highest BCUT2D eigenvalue weighted by molar-refractivity contribution is 5.77. The van der Waals surface area contributed by atoms with Crippen molar-refractivity contribution in [3.8, 4) is 11.4 Å². The van der Waals surface area contributed by atoms with Crippen LogP contribution in [-0.2, 0) is 11.3 Å². The molecule has 2 aromatic carbocycles. The molecule has 25 heavy (non-hydrogen) atoms. The average molecular weight is 341 g/mol. The molecule has 0 atom stereocenters. The van der Waals surface area contributed by atoms with Crippen LogP contribution in [0.1, 0.15) is 11.4 Å². The summed E-state index contributed by atoms with van der Waals surface area (Å²) in [5.74, 6) is 0.414. The number of ether oxygens (including phenoxy) is 1. The number of hydrogen-bond acceptors (Lipinski definition) is 5. The van der Waals surface area contributed by atoms with Crippen LogP contribution in [0.5, 0.6) is 5.75 Å². The first kappa shape index (κ1) is 16.6. The predicted molar refractivity (Wildman–Crippen MR) is 87.6 cm³/mol. The number of nitrogens with one attached hydrogen (secondary N) is 1. The van der Waals surface area contributed by atoms with E-state index >= 15 is 0 Å². The number of halogens is 1. The summed E-state index contributed by atoms with van der Waals surface area (Å²) in [7, 11) is 0. The van der Waals surface area contributed by atoms with E-state index in [4.69, 9.17) is 4.74 Å². The molecule has 0 saturated heterocycles. The first-order valence-electron chi connectivity index (χ1n) is 7.61. The van der Waals surface area contributed by atoms with Gasteiger partial charge >= 0.3 is 0 Å². The number of tetrazole rings is 1. The minimum atomic E-state index is -0.347. The third-order valence-corrected chi connectivity index (χ3v) is 3.41. The first-order valence-corrected chi connectivity index (χ1v) is 7.61. The van der Waals surface area contributed by atoms with E-state index in [1.807, 2.05) is 25.1 Å². The number of carbonyl (C=O) groups is 1. The van der Waals surface area contributed by atoms with Crippen LogP contribution in [0.4, 0.5) is 4.39 Å². The van der Waals surface area contributed by atoms with Gasteiger partial charge in [0, 0.05) is 0 Å². The zero-order valence-electron chi connectivity index (χ0n) is 13.5. The summed E-state index contributed by atoms with van der Waals surface area (Å²) in [5.41, 5.74) is 1.66. The average Bonchev–Trinajstić information content (AvgIpc) is 3.07. The quantitative estimate of drug-likeness (QED) is 0.739. The van der Waals surface area contributed by atoms with Crippen LogP contribution >= 0.6 is 0 Å². The van der Waals surface area contributed by atoms with Crippen molar-refractivity contribution in [3.05, 3.63) is 65.7 Å². The third-order valence-electron chi connectivity index (χ3n) is 3.41. The van der Waals surface area contributed by atoms with Gasteiger partial charge in [-0.3, -0.25) is 4.79 Å². The molecule has 3 rings (SSSR count). The number of aromatic nitrogens is 4. The molecular formula is C17H16FN5O2. The number of nitrogens with zero attached hydrogens (tertiary/aromatic N) is 4. The van der Waals surface area contributed by atoms with Crippen LogP contribution in [-0.4, -0.2) is 32.7 Å². The Balaban J connectivity index is 1.56. The molecule has 1 heterocycles. The summed E-state index contributed by atoms with van der Waals surface area (Å²) in [6.45, 7) is 1.96. The molecule has 8 heteroatoms. The molecule has 128 valence electrons. The lowest BCUT2D eigenvalue weighted by Gasteiger charge is -2.08.